The van der Waals surface area contributed by atoms with Gasteiger partial charge in [-0.25, -0.2) is 9.37 Å². The minimum atomic E-state index is -4.80. The Labute approximate surface area is 131 Å². The number of ether oxygens (including phenoxy) is 1. The smallest absolute Gasteiger partial charge is 0.449 e. The van der Waals surface area contributed by atoms with Crippen molar-refractivity contribution in [1.29, 1.82) is 0 Å². The van der Waals surface area contributed by atoms with E-state index in [1.54, 1.807) is 0 Å². The summed E-state index contributed by atoms with van der Waals surface area (Å²) in [7, 11) is 0. The van der Waals surface area contributed by atoms with E-state index >= 15 is 0 Å². The number of para-hydroxylation sites is 2. The minimum absolute atomic E-state index is 0.0334. The van der Waals surface area contributed by atoms with Gasteiger partial charge in [0.25, 0.3) is 0 Å². The van der Waals surface area contributed by atoms with Crippen molar-refractivity contribution in [3.8, 4) is 0 Å². The fourth-order valence-electron chi connectivity index (χ4n) is 1.98. The zero-order valence-corrected chi connectivity index (χ0v) is 11.9. The van der Waals surface area contributed by atoms with Crippen molar-refractivity contribution >= 4 is 17.0 Å². The molecule has 2 rings (SSSR count). The molecule has 0 aliphatic heterocycles. The number of carbonyl (C=O) groups excluding carboxylic acids is 1. The summed E-state index contributed by atoms with van der Waals surface area (Å²) in [6.07, 6.45) is -8.19. The van der Waals surface area contributed by atoms with Crippen molar-refractivity contribution < 1.29 is 35.9 Å². The number of imidazole rings is 1. The summed E-state index contributed by atoms with van der Waals surface area (Å²) in [5, 5.41) is 0. The Hall–Kier alpha value is -2.52. The summed E-state index contributed by atoms with van der Waals surface area (Å²) in [6, 6.07) is 5.64. The Morgan fingerprint density at radius 1 is 1.17 bits per heavy atom. The highest BCUT2D eigenvalue weighted by atomic mass is 19.4. The highest BCUT2D eigenvalue weighted by Gasteiger charge is 2.38. The fourth-order valence-corrected chi connectivity index (χ4v) is 1.98. The lowest BCUT2D eigenvalue weighted by molar-refractivity contribution is -0.150. The first-order chi connectivity index (χ1) is 11.2. The number of benzene rings is 1. The molecule has 2 aromatic rings. The molecule has 10 heteroatoms. The molecule has 1 aromatic heterocycles. The standard InChI is InChI=1S/C14H10F6N2O2/c15-8(12(16)17)5-6-24-11(23)7-22-10-4-2-1-3-9(10)21-13(22)14(18,19)20/h1-4H,5-7H2. The van der Waals surface area contributed by atoms with Gasteiger partial charge in [-0.2, -0.15) is 22.0 Å². The third-order valence-electron chi connectivity index (χ3n) is 2.98. The molecule has 0 aliphatic carbocycles. The summed E-state index contributed by atoms with van der Waals surface area (Å²) < 4.78 is 80.4. The Morgan fingerprint density at radius 2 is 1.83 bits per heavy atom. The lowest BCUT2D eigenvalue weighted by atomic mass is 10.3. The summed E-state index contributed by atoms with van der Waals surface area (Å²) in [4.78, 5) is 15.1. The average Bonchev–Trinajstić information content (AvgIpc) is 2.86. The first-order valence-electron chi connectivity index (χ1n) is 6.58. The van der Waals surface area contributed by atoms with Crippen LogP contribution < -0.4 is 0 Å². The number of fused-ring (bicyclic) bond motifs is 1. The average molecular weight is 352 g/mol. The van der Waals surface area contributed by atoms with Gasteiger partial charge in [-0.3, -0.25) is 4.79 Å². The van der Waals surface area contributed by atoms with E-state index < -0.39 is 49.4 Å². The quantitative estimate of drug-likeness (QED) is 0.602. The third-order valence-corrected chi connectivity index (χ3v) is 2.98. The van der Waals surface area contributed by atoms with Crippen LogP contribution in [0.1, 0.15) is 12.2 Å². The van der Waals surface area contributed by atoms with Crippen LogP contribution in [0, 0.1) is 0 Å². The predicted molar refractivity (Wildman–Crippen MR) is 70.7 cm³/mol. The summed E-state index contributed by atoms with van der Waals surface area (Å²) in [6.45, 7) is -1.55. The van der Waals surface area contributed by atoms with Crippen molar-refractivity contribution in [3.05, 3.63) is 42.0 Å². The highest BCUT2D eigenvalue weighted by Crippen LogP contribution is 2.31. The minimum Gasteiger partial charge on any atom is -0.464 e. The molecule has 0 fully saturated rings. The zero-order chi connectivity index (χ0) is 17.9. The first-order valence-corrected chi connectivity index (χ1v) is 6.58. The number of carbonyl (C=O) groups is 1. The van der Waals surface area contributed by atoms with Gasteiger partial charge in [0.1, 0.15) is 6.54 Å². The number of alkyl halides is 3. The van der Waals surface area contributed by atoms with Crippen LogP contribution in [0.4, 0.5) is 26.3 Å². The van der Waals surface area contributed by atoms with E-state index in [4.69, 9.17) is 0 Å². The Kier molecular flexibility index (Phi) is 5.15. The second-order valence-electron chi connectivity index (χ2n) is 4.64. The van der Waals surface area contributed by atoms with Crippen molar-refractivity contribution in [2.24, 2.45) is 0 Å². The molecule has 0 N–H and O–H groups in total. The van der Waals surface area contributed by atoms with E-state index in [2.05, 4.69) is 9.72 Å². The summed E-state index contributed by atoms with van der Waals surface area (Å²) >= 11 is 0. The van der Waals surface area contributed by atoms with Crippen LogP contribution in [-0.4, -0.2) is 22.1 Å². The SMILES string of the molecule is O=C(Cn1c(C(F)(F)F)nc2ccccc21)OCCC(F)=C(F)F. The van der Waals surface area contributed by atoms with Crippen molar-refractivity contribution in [2.75, 3.05) is 6.61 Å². The van der Waals surface area contributed by atoms with Crippen LogP contribution in [0.5, 0.6) is 0 Å². The molecule has 0 aliphatic rings. The van der Waals surface area contributed by atoms with Crippen LogP contribution in [-0.2, 0) is 22.3 Å². The van der Waals surface area contributed by atoms with Gasteiger partial charge in [0.05, 0.1) is 17.6 Å². The molecule has 1 aromatic carbocycles. The van der Waals surface area contributed by atoms with Gasteiger partial charge in [-0.15, -0.1) is 0 Å². The Morgan fingerprint density at radius 3 is 2.46 bits per heavy atom. The van der Waals surface area contributed by atoms with Gasteiger partial charge >= 0.3 is 18.2 Å². The molecule has 0 unspecified atom stereocenters. The molecule has 0 saturated heterocycles. The number of halogens is 6. The molecule has 0 radical (unpaired) electrons. The van der Waals surface area contributed by atoms with Crippen molar-refractivity contribution in [3.63, 3.8) is 0 Å². The fraction of sp³-hybridized carbons (Fsp3) is 0.286. The lowest BCUT2D eigenvalue weighted by Gasteiger charge is -2.11. The van der Waals surface area contributed by atoms with Gasteiger partial charge in [-0.05, 0) is 12.1 Å². The molecule has 1 heterocycles. The van der Waals surface area contributed by atoms with Crippen molar-refractivity contribution in [1.82, 2.24) is 9.55 Å². The van der Waals surface area contributed by atoms with Crippen LogP contribution in [0.25, 0.3) is 11.0 Å². The maximum absolute atomic E-state index is 13.0. The van der Waals surface area contributed by atoms with Gasteiger partial charge < -0.3 is 9.30 Å². The number of esters is 1. The number of aromatic nitrogens is 2. The van der Waals surface area contributed by atoms with E-state index in [9.17, 15) is 31.1 Å². The van der Waals surface area contributed by atoms with E-state index in [-0.39, 0.29) is 11.0 Å². The molecule has 0 atom stereocenters. The monoisotopic (exact) mass is 352 g/mol. The molecule has 24 heavy (non-hydrogen) atoms. The largest absolute Gasteiger partial charge is 0.464 e. The highest BCUT2D eigenvalue weighted by molar-refractivity contribution is 5.79. The normalized spacial score (nSPS) is 11.6. The predicted octanol–water partition coefficient (Wildman–Crippen LogP) is 4.07. The molecule has 130 valence electrons. The maximum Gasteiger partial charge on any atom is 0.449 e. The number of hydrogen-bond acceptors (Lipinski definition) is 3. The Bertz CT molecular complexity index is 777. The Balaban J connectivity index is 2.17. The van der Waals surface area contributed by atoms with E-state index in [1.807, 2.05) is 0 Å². The van der Waals surface area contributed by atoms with Crippen LogP contribution in [0.3, 0.4) is 0 Å². The van der Waals surface area contributed by atoms with Gasteiger partial charge in [0, 0.05) is 6.42 Å². The van der Waals surface area contributed by atoms with E-state index in [1.165, 1.54) is 24.3 Å². The van der Waals surface area contributed by atoms with E-state index in [0.717, 1.165) is 0 Å². The maximum atomic E-state index is 13.0. The topological polar surface area (TPSA) is 44.1 Å². The van der Waals surface area contributed by atoms with Gasteiger partial charge in [-0.1, -0.05) is 12.1 Å². The first kappa shape index (κ1) is 17.8. The lowest BCUT2D eigenvalue weighted by Crippen LogP contribution is -2.20. The van der Waals surface area contributed by atoms with Crippen LogP contribution >= 0.6 is 0 Å². The van der Waals surface area contributed by atoms with Crippen LogP contribution in [0.15, 0.2) is 36.2 Å². The van der Waals surface area contributed by atoms with Crippen LogP contribution in [0.2, 0.25) is 0 Å². The second-order valence-corrected chi connectivity index (χ2v) is 4.64. The van der Waals surface area contributed by atoms with Gasteiger partial charge in [0.2, 0.25) is 5.82 Å². The summed E-state index contributed by atoms with van der Waals surface area (Å²) in [5.41, 5.74) is 0.0914. The van der Waals surface area contributed by atoms with Gasteiger partial charge in [0.15, 0.2) is 5.83 Å². The molecule has 0 amide bonds. The van der Waals surface area contributed by atoms with Crippen molar-refractivity contribution in [2.45, 2.75) is 19.1 Å². The zero-order valence-electron chi connectivity index (χ0n) is 11.9. The number of rotatable bonds is 5. The molecule has 0 bridgehead atoms. The molecular weight excluding hydrogens is 342 g/mol. The molecule has 0 spiro atoms. The molecular formula is C14H10F6N2O2. The van der Waals surface area contributed by atoms with E-state index in [0.29, 0.717) is 4.57 Å². The second kappa shape index (κ2) is 6.93. The number of hydrogen-bond donors (Lipinski definition) is 0. The number of nitrogens with zero attached hydrogens (tertiary/aromatic N) is 2. The third kappa shape index (κ3) is 4.06. The molecule has 4 nitrogen and oxygen atoms in total. The molecule has 0 saturated carbocycles. The summed E-state index contributed by atoms with van der Waals surface area (Å²) in [5.74, 6) is -4.16.